The Balaban J connectivity index is 2.31. The third-order valence-electron chi connectivity index (χ3n) is 2.44. The molecule has 0 heterocycles. The lowest BCUT2D eigenvalue weighted by Crippen LogP contribution is -2.35. The Hall–Kier alpha value is -1.55. The number of carbonyl (C=O) groups excluding carboxylic acids is 1. The molecule has 0 spiro atoms. The van der Waals surface area contributed by atoms with Crippen molar-refractivity contribution in [1.82, 2.24) is 10.6 Å². The van der Waals surface area contributed by atoms with E-state index < -0.39 is 0 Å². The average Bonchev–Trinajstić information content (AvgIpc) is 2.37. The maximum atomic E-state index is 11.4. The van der Waals surface area contributed by atoms with E-state index in [1.54, 1.807) is 0 Å². The van der Waals surface area contributed by atoms with Crippen LogP contribution >= 0.6 is 0 Å². The number of amides is 2. The molecule has 0 fully saturated rings. The van der Waals surface area contributed by atoms with Crippen molar-refractivity contribution in [3.63, 3.8) is 0 Å². The summed E-state index contributed by atoms with van der Waals surface area (Å²) in [5, 5.41) is 14.5. The van der Waals surface area contributed by atoms with E-state index in [1.807, 2.05) is 24.3 Å². The van der Waals surface area contributed by atoms with Crippen molar-refractivity contribution >= 4 is 6.03 Å². The molecule has 0 radical (unpaired) electrons. The molecule has 0 saturated heterocycles. The van der Waals surface area contributed by atoms with Gasteiger partial charge in [-0.05, 0) is 17.5 Å². The second-order valence-corrected chi connectivity index (χ2v) is 3.94. The van der Waals surface area contributed by atoms with Gasteiger partial charge >= 0.3 is 6.03 Å². The number of rotatable bonds is 6. The van der Waals surface area contributed by atoms with Gasteiger partial charge in [0.1, 0.15) is 0 Å². The first-order valence-corrected chi connectivity index (χ1v) is 5.96. The minimum absolute atomic E-state index is 0.0243. The zero-order valence-electron chi connectivity index (χ0n) is 10.2. The third kappa shape index (κ3) is 5.36. The zero-order chi connectivity index (χ0) is 12.5. The summed E-state index contributed by atoms with van der Waals surface area (Å²) in [5.74, 6) is 0. The number of unbranched alkanes of at least 4 members (excludes halogenated alkanes) is 1. The first-order valence-electron chi connectivity index (χ1n) is 5.96. The van der Waals surface area contributed by atoms with Crippen molar-refractivity contribution in [2.24, 2.45) is 0 Å². The van der Waals surface area contributed by atoms with Gasteiger partial charge in [-0.1, -0.05) is 37.6 Å². The van der Waals surface area contributed by atoms with Gasteiger partial charge in [0.15, 0.2) is 0 Å². The second-order valence-electron chi connectivity index (χ2n) is 3.94. The summed E-state index contributed by atoms with van der Waals surface area (Å²) in [5.41, 5.74) is 1.85. The Bertz CT molecular complexity index is 353. The van der Waals surface area contributed by atoms with Crippen LogP contribution in [0.2, 0.25) is 0 Å². The first kappa shape index (κ1) is 13.5. The summed E-state index contributed by atoms with van der Waals surface area (Å²) in [7, 11) is 0. The van der Waals surface area contributed by atoms with Gasteiger partial charge in [-0.25, -0.2) is 4.79 Å². The number of urea groups is 1. The van der Waals surface area contributed by atoms with Gasteiger partial charge in [0.2, 0.25) is 0 Å². The SMILES string of the molecule is CCCCNC(=O)NCc1cccc(CO)c1. The van der Waals surface area contributed by atoms with Crippen LogP contribution in [0.5, 0.6) is 0 Å². The highest BCUT2D eigenvalue weighted by molar-refractivity contribution is 5.73. The summed E-state index contributed by atoms with van der Waals surface area (Å²) >= 11 is 0. The molecule has 94 valence electrons. The maximum Gasteiger partial charge on any atom is 0.315 e. The summed E-state index contributed by atoms with van der Waals surface area (Å²) in [6.45, 7) is 3.29. The normalized spacial score (nSPS) is 10.0. The van der Waals surface area contributed by atoms with Crippen molar-refractivity contribution in [2.45, 2.75) is 32.9 Å². The van der Waals surface area contributed by atoms with Crippen LogP contribution in [0, 0.1) is 0 Å². The van der Waals surface area contributed by atoms with Crippen LogP contribution in [-0.2, 0) is 13.2 Å². The summed E-state index contributed by atoms with van der Waals surface area (Å²) in [4.78, 5) is 11.4. The molecule has 0 atom stereocenters. The third-order valence-corrected chi connectivity index (χ3v) is 2.44. The van der Waals surface area contributed by atoms with Crippen LogP contribution in [0.15, 0.2) is 24.3 Å². The van der Waals surface area contributed by atoms with Crippen molar-refractivity contribution in [3.05, 3.63) is 35.4 Å². The highest BCUT2D eigenvalue weighted by Crippen LogP contribution is 2.04. The molecule has 4 nitrogen and oxygen atoms in total. The quantitative estimate of drug-likeness (QED) is 0.659. The standard InChI is InChI=1S/C13H20N2O2/c1-2-3-7-14-13(17)15-9-11-5-4-6-12(8-11)10-16/h4-6,8,16H,2-3,7,9-10H2,1H3,(H2,14,15,17). The fourth-order valence-electron chi connectivity index (χ4n) is 1.46. The summed E-state index contributed by atoms with van der Waals surface area (Å²) in [6.07, 6.45) is 2.06. The number of nitrogens with one attached hydrogen (secondary N) is 2. The molecular formula is C13H20N2O2. The zero-order valence-corrected chi connectivity index (χ0v) is 10.2. The fraction of sp³-hybridized carbons (Fsp3) is 0.462. The molecule has 0 aliphatic carbocycles. The van der Waals surface area contributed by atoms with E-state index in [2.05, 4.69) is 17.6 Å². The van der Waals surface area contributed by atoms with E-state index in [4.69, 9.17) is 5.11 Å². The molecule has 0 saturated carbocycles. The van der Waals surface area contributed by atoms with Gasteiger partial charge in [-0.3, -0.25) is 0 Å². The van der Waals surface area contributed by atoms with Crippen LogP contribution < -0.4 is 10.6 Å². The molecule has 0 aliphatic rings. The highest BCUT2D eigenvalue weighted by Gasteiger charge is 2.00. The summed E-state index contributed by atoms with van der Waals surface area (Å²) in [6, 6.07) is 7.38. The molecule has 1 rings (SSSR count). The van der Waals surface area contributed by atoms with Gasteiger partial charge in [-0.2, -0.15) is 0 Å². The van der Waals surface area contributed by atoms with Crippen molar-refractivity contribution in [1.29, 1.82) is 0 Å². The van der Waals surface area contributed by atoms with E-state index >= 15 is 0 Å². The van der Waals surface area contributed by atoms with Crippen molar-refractivity contribution in [3.8, 4) is 0 Å². The smallest absolute Gasteiger partial charge is 0.315 e. The molecule has 0 bridgehead atoms. The van der Waals surface area contributed by atoms with Crippen molar-refractivity contribution in [2.75, 3.05) is 6.54 Å². The number of carbonyl (C=O) groups is 1. The lowest BCUT2D eigenvalue weighted by Gasteiger charge is -2.07. The van der Waals surface area contributed by atoms with Crippen LogP contribution in [-0.4, -0.2) is 17.7 Å². The minimum Gasteiger partial charge on any atom is -0.392 e. The van der Waals surface area contributed by atoms with Gasteiger partial charge in [0.05, 0.1) is 6.61 Å². The second kappa shape index (κ2) is 7.68. The molecule has 0 aliphatic heterocycles. The van der Waals surface area contributed by atoms with E-state index in [0.29, 0.717) is 13.1 Å². The molecule has 4 heteroatoms. The Labute approximate surface area is 102 Å². The van der Waals surface area contributed by atoms with Gasteiger partial charge < -0.3 is 15.7 Å². The Morgan fingerprint density at radius 2 is 2.06 bits per heavy atom. The van der Waals surface area contributed by atoms with Gasteiger partial charge in [0.25, 0.3) is 0 Å². The minimum atomic E-state index is -0.146. The van der Waals surface area contributed by atoms with Gasteiger partial charge in [0, 0.05) is 13.1 Å². The maximum absolute atomic E-state index is 11.4. The van der Waals surface area contributed by atoms with E-state index in [9.17, 15) is 4.79 Å². The molecule has 1 aromatic carbocycles. The van der Waals surface area contributed by atoms with Crippen LogP contribution in [0.1, 0.15) is 30.9 Å². The molecule has 0 aromatic heterocycles. The predicted octanol–water partition coefficient (Wildman–Crippen LogP) is 1.78. The van der Waals surface area contributed by atoms with E-state index in [-0.39, 0.29) is 12.6 Å². The molecule has 17 heavy (non-hydrogen) atoms. The predicted molar refractivity (Wildman–Crippen MR) is 67.5 cm³/mol. The largest absolute Gasteiger partial charge is 0.392 e. The molecule has 0 unspecified atom stereocenters. The first-order chi connectivity index (χ1) is 8.26. The number of aliphatic hydroxyl groups is 1. The summed E-state index contributed by atoms with van der Waals surface area (Å²) < 4.78 is 0. The molecule has 3 N–H and O–H groups in total. The number of hydrogen-bond acceptors (Lipinski definition) is 2. The lowest BCUT2D eigenvalue weighted by atomic mass is 10.1. The molecule has 2 amide bonds. The monoisotopic (exact) mass is 236 g/mol. The Kier molecular flexibility index (Phi) is 6.10. The van der Waals surface area contributed by atoms with Gasteiger partial charge in [-0.15, -0.1) is 0 Å². The van der Waals surface area contributed by atoms with Crippen LogP contribution in [0.25, 0.3) is 0 Å². The van der Waals surface area contributed by atoms with E-state index in [0.717, 1.165) is 24.0 Å². The fourth-order valence-corrected chi connectivity index (χ4v) is 1.46. The van der Waals surface area contributed by atoms with Crippen LogP contribution in [0.3, 0.4) is 0 Å². The molecule has 1 aromatic rings. The number of benzene rings is 1. The van der Waals surface area contributed by atoms with Crippen LogP contribution in [0.4, 0.5) is 4.79 Å². The topological polar surface area (TPSA) is 61.4 Å². The highest BCUT2D eigenvalue weighted by atomic mass is 16.3. The molecular weight excluding hydrogens is 216 g/mol. The number of hydrogen-bond donors (Lipinski definition) is 3. The Morgan fingerprint density at radius 3 is 2.76 bits per heavy atom. The van der Waals surface area contributed by atoms with E-state index in [1.165, 1.54) is 0 Å². The average molecular weight is 236 g/mol. The Morgan fingerprint density at radius 1 is 1.29 bits per heavy atom. The van der Waals surface area contributed by atoms with Crippen molar-refractivity contribution < 1.29 is 9.90 Å². The lowest BCUT2D eigenvalue weighted by molar-refractivity contribution is 0.240. The number of aliphatic hydroxyl groups excluding tert-OH is 1.